The first-order valence-electron chi connectivity index (χ1n) is 8.60. The minimum atomic E-state index is -0.298. The molecule has 134 valence electrons. The molecule has 0 bridgehead atoms. The molecule has 2 amide bonds. The Bertz CT molecular complexity index is 1100. The summed E-state index contributed by atoms with van der Waals surface area (Å²) in [4.78, 5) is 15.4. The summed E-state index contributed by atoms with van der Waals surface area (Å²) >= 11 is 0. The first-order chi connectivity index (χ1) is 13.1. The number of urea groups is 1. The van der Waals surface area contributed by atoms with Gasteiger partial charge in [-0.3, -0.25) is 0 Å². The summed E-state index contributed by atoms with van der Waals surface area (Å²) in [6.07, 6.45) is 0. The summed E-state index contributed by atoms with van der Waals surface area (Å²) in [5.41, 5.74) is 5.29. The third-order valence-corrected chi connectivity index (χ3v) is 4.35. The van der Waals surface area contributed by atoms with Gasteiger partial charge in [-0.1, -0.05) is 29.8 Å². The molecular formula is C22H18FN3O. The van der Waals surface area contributed by atoms with E-state index in [-0.39, 0.29) is 11.8 Å². The number of aromatic nitrogens is 1. The summed E-state index contributed by atoms with van der Waals surface area (Å²) in [7, 11) is 0. The van der Waals surface area contributed by atoms with Crippen molar-refractivity contribution >= 4 is 28.3 Å². The molecule has 0 atom stereocenters. The summed E-state index contributed by atoms with van der Waals surface area (Å²) in [6.45, 7) is 2.00. The zero-order valence-corrected chi connectivity index (χ0v) is 14.7. The van der Waals surface area contributed by atoms with Gasteiger partial charge in [0.05, 0.1) is 0 Å². The quantitative estimate of drug-likeness (QED) is 0.417. The van der Waals surface area contributed by atoms with Gasteiger partial charge in [0.25, 0.3) is 0 Å². The summed E-state index contributed by atoms with van der Waals surface area (Å²) < 4.78 is 13.3. The zero-order chi connectivity index (χ0) is 18.8. The fraction of sp³-hybridized carbons (Fsp3) is 0.0455. The van der Waals surface area contributed by atoms with Gasteiger partial charge in [0.2, 0.25) is 0 Å². The number of hydrogen-bond donors (Lipinski definition) is 3. The minimum Gasteiger partial charge on any atom is -0.355 e. The van der Waals surface area contributed by atoms with Gasteiger partial charge >= 0.3 is 6.03 Å². The van der Waals surface area contributed by atoms with E-state index in [4.69, 9.17) is 0 Å². The molecule has 3 aromatic carbocycles. The van der Waals surface area contributed by atoms with Crippen LogP contribution in [0.15, 0.2) is 72.8 Å². The second-order valence-electron chi connectivity index (χ2n) is 6.44. The van der Waals surface area contributed by atoms with Gasteiger partial charge in [0, 0.05) is 28.0 Å². The van der Waals surface area contributed by atoms with Crippen LogP contribution in [0.5, 0.6) is 0 Å². The standard InChI is InChI=1S/C22H18FN3O/c1-14-2-7-18(8-3-14)24-22(27)25-19-9-4-15(5-10-19)21-13-16-12-17(23)6-11-20(16)26-21/h2-13,26H,1H3,(H2,24,25,27). The van der Waals surface area contributed by atoms with Crippen molar-refractivity contribution in [2.75, 3.05) is 10.6 Å². The van der Waals surface area contributed by atoms with E-state index in [2.05, 4.69) is 15.6 Å². The van der Waals surface area contributed by atoms with E-state index in [0.29, 0.717) is 5.69 Å². The third-order valence-electron chi connectivity index (χ3n) is 4.35. The summed E-state index contributed by atoms with van der Waals surface area (Å²) in [5, 5.41) is 6.43. The van der Waals surface area contributed by atoms with Crippen LogP contribution in [-0.2, 0) is 0 Å². The summed E-state index contributed by atoms with van der Waals surface area (Å²) in [6, 6.07) is 21.3. The number of carbonyl (C=O) groups is 1. The predicted molar refractivity (Wildman–Crippen MR) is 108 cm³/mol. The van der Waals surface area contributed by atoms with Crippen LogP contribution in [0.2, 0.25) is 0 Å². The van der Waals surface area contributed by atoms with E-state index < -0.39 is 0 Å². The fourth-order valence-electron chi connectivity index (χ4n) is 2.92. The van der Waals surface area contributed by atoms with Crippen molar-refractivity contribution in [3.63, 3.8) is 0 Å². The van der Waals surface area contributed by atoms with Gasteiger partial charge in [-0.05, 0) is 61.0 Å². The Morgan fingerprint density at radius 1 is 0.852 bits per heavy atom. The van der Waals surface area contributed by atoms with Gasteiger partial charge in [-0.15, -0.1) is 0 Å². The van der Waals surface area contributed by atoms with Crippen molar-refractivity contribution in [2.45, 2.75) is 6.92 Å². The average Bonchev–Trinajstić information content (AvgIpc) is 3.07. The van der Waals surface area contributed by atoms with E-state index in [1.807, 2.05) is 61.5 Å². The van der Waals surface area contributed by atoms with Crippen molar-refractivity contribution in [3.05, 3.63) is 84.2 Å². The van der Waals surface area contributed by atoms with Crippen LogP contribution in [0.4, 0.5) is 20.6 Å². The normalized spacial score (nSPS) is 10.7. The molecule has 0 saturated heterocycles. The molecule has 4 aromatic rings. The first-order valence-corrected chi connectivity index (χ1v) is 8.60. The Labute approximate surface area is 156 Å². The molecule has 5 heteroatoms. The monoisotopic (exact) mass is 359 g/mol. The molecule has 3 N–H and O–H groups in total. The number of carbonyl (C=O) groups excluding carboxylic acids is 1. The van der Waals surface area contributed by atoms with Crippen molar-refractivity contribution in [1.29, 1.82) is 0 Å². The maximum absolute atomic E-state index is 13.3. The lowest BCUT2D eigenvalue weighted by atomic mass is 10.1. The number of fused-ring (bicyclic) bond motifs is 1. The van der Waals surface area contributed by atoms with Crippen LogP contribution in [-0.4, -0.2) is 11.0 Å². The smallest absolute Gasteiger partial charge is 0.323 e. The number of amides is 2. The number of H-pyrrole nitrogens is 1. The number of aryl methyl sites for hydroxylation is 1. The number of halogens is 1. The van der Waals surface area contributed by atoms with Gasteiger partial charge in [-0.25, -0.2) is 9.18 Å². The number of anilines is 2. The Balaban J connectivity index is 1.46. The highest BCUT2D eigenvalue weighted by Crippen LogP contribution is 2.26. The van der Waals surface area contributed by atoms with E-state index >= 15 is 0 Å². The molecule has 1 heterocycles. The number of rotatable bonds is 3. The van der Waals surface area contributed by atoms with Crippen LogP contribution < -0.4 is 10.6 Å². The number of aromatic amines is 1. The minimum absolute atomic E-state index is 0.257. The fourth-order valence-corrected chi connectivity index (χ4v) is 2.92. The molecule has 0 radical (unpaired) electrons. The number of nitrogens with one attached hydrogen (secondary N) is 3. The molecule has 27 heavy (non-hydrogen) atoms. The van der Waals surface area contributed by atoms with E-state index in [1.165, 1.54) is 12.1 Å². The van der Waals surface area contributed by atoms with Crippen molar-refractivity contribution in [1.82, 2.24) is 4.98 Å². The molecule has 1 aromatic heterocycles. The molecule has 4 rings (SSSR count). The highest BCUT2D eigenvalue weighted by molar-refractivity contribution is 5.99. The summed E-state index contributed by atoms with van der Waals surface area (Å²) in [5.74, 6) is -0.257. The van der Waals surface area contributed by atoms with Crippen molar-refractivity contribution in [2.24, 2.45) is 0 Å². The Kier molecular flexibility index (Phi) is 4.34. The zero-order valence-electron chi connectivity index (χ0n) is 14.7. The topological polar surface area (TPSA) is 56.9 Å². The van der Waals surface area contributed by atoms with E-state index in [0.717, 1.165) is 33.4 Å². The largest absolute Gasteiger partial charge is 0.355 e. The lowest BCUT2D eigenvalue weighted by Crippen LogP contribution is -2.19. The molecule has 4 nitrogen and oxygen atoms in total. The molecule has 0 aliphatic rings. The second-order valence-corrected chi connectivity index (χ2v) is 6.44. The van der Waals surface area contributed by atoms with Crippen molar-refractivity contribution < 1.29 is 9.18 Å². The van der Waals surface area contributed by atoms with E-state index in [1.54, 1.807) is 6.07 Å². The maximum atomic E-state index is 13.3. The SMILES string of the molecule is Cc1ccc(NC(=O)Nc2ccc(-c3cc4cc(F)ccc4[nH]3)cc2)cc1. The lowest BCUT2D eigenvalue weighted by molar-refractivity contribution is 0.262. The predicted octanol–water partition coefficient (Wildman–Crippen LogP) is 5.93. The van der Waals surface area contributed by atoms with Gasteiger partial charge in [-0.2, -0.15) is 0 Å². The highest BCUT2D eigenvalue weighted by Gasteiger charge is 2.06. The van der Waals surface area contributed by atoms with Crippen LogP contribution in [0.3, 0.4) is 0 Å². The lowest BCUT2D eigenvalue weighted by Gasteiger charge is -2.08. The van der Waals surface area contributed by atoms with Crippen LogP contribution in [0.25, 0.3) is 22.2 Å². The Morgan fingerprint density at radius 3 is 2.15 bits per heavy atom. The molecule has 0 aliphatic heterocycles. The maximum Gasteiger partial charge on any atom is 0.323 e. The molecule has 0 spiro atoms. The number of hydrogen-bond acceptors (Lipinski definition) is 1. The second kappa shape index (κ2) is 6.96. The molecule has 0 aliphatic carbocycles. The number of benzene rings is 3. The van der Waals surface area contributed by atoms with Gasteiger partial charge in [0.1, 0.15) is 5.82 Å². The molecule has 0 saturated carbocycles. The Hall–Kier alpha value is -3.60. The van der Waals surface area contributed by atoms with Crippen LogP contribution in [0, 0.1) is 12.7 Å². The van der Waals surface area contributed by atoms with Crippen LogP contribution >= 0.6 is 0 Å². The molecule has 0 fully saturated rings. The highest BCUT2D eigenvalue weighted by atomic mass is 19.1. The third kappa shape index (κ3) is 3.82. The van der Waals surface area contributed by atoms with E-state index in [9.17, 15) is 9.18 Å². The molecular weight excluding hydrogens is 341 g/mol. The Morgan fingerprint density at radius 2 is 1.48 bits per heavy atom. The van der Waals surface area contributed by atoms with Gasteiger partial charge in [0.15, 0.2) is 0 Å². The van der Waals surface area contributed by atoms with Crippen molar-refractivity contribution in [3.8, 4) is 11.3 Å². The first kappa shape index (κ1) is 16.8. The van der Waals surface area contributed by atoms with Crippen LogP contribution in [0.1, 0.15) is 5.56 Å². The van der Waals surface area contributed by atoms with Gasteiger partial charge < -0.3 is 15.6 Å². The molecule has 0 unspecified atom stereocenters. The average molecular weight is 359 g/mol.